The Hall–Kier alpha value is -2.57. The Bertz CT molecular complexity index is 688. The molecule has 7 nitrogen and oxygen atoms in total. The van der Waals surface area contributed by atoms with Gasteiger partial charge in [-0.05, 0) is 30.9 Å². The highest BCUT2D eigenvalue weighted by Crippen LogP contribution is 2.31. The van der Waals surface area contributed by atoms with Crippen molar-refractivity contribution < 1.29 is 9.66 Å². The number of rotatable bonds is 6. The van der Waals surface area contributed by atoms with Crippen LogP contribution >= 0.6 is 0 Å². The predicted octanol–water partition coefficient (Wildman–Crippen LogP) is 3.26. The largest absolute Gasteiger partial charge is 0.416 e. The average molecular weight is 302 g/mol. The second-order valence-corrected chi connectivity index (χ2v) is 4.71. The van der Waals surface area contributed by atoms with Crippen molar-refractivity contribution in [2.24, 2.45) is 0 Å². The number of aromatic nitrogens is 3. The molecule has 2 rings (SSSR count). The highest BCUT2D eigenvalue weighted by molar-refractivity contribution is 5.49. The Balaban J connectivity index is 2.36. The molecule has 0 unspecified atom stereocenters. The van der Waals surface area contributed by atoms with E-state index in [1.165, 1.54) is 6.07 Å². The van der Waals surface area contributed by atoms with E-state index in [1.54, 1.807) is 12.1 Å². The van der Waals surface area contributed by atoms with Gasteiger partial charge in [0.15, 0.2) is 0 Å². The number of ether oxygens (including phenoxy) is 1. The molecule has 0 fully saturated rings. The first-order valence-corrected chi connectivity index (χ1v) is 7.26. The molecule has 2 aromatic rings. The summed E-state index contributed by atoms with van der Waals surface area (Å²) in [4.78, 5) is 15.0. The van der Waals surface area contributed by atoms with Gasteiger partial charge >= 0.3 is 11.7 Å². The Kier molecular flexibility index (Phi) is 4.98. The molecule has 0 amide bonds. The molecule has 0 aliphatic heterocycles. The molecule has 0 aliphatic carbocycles. The molecule has 0 atom stereocenters. The summed E-state index contributed by atoms with van der Waals surface area (Å²) in [6, 6.07) is 4.89. The third kappa shape index (κ3) is 3.36. The van der Waals surface area contributed by atoms with Crippen LogP contribution in [0.1, 0.15) is 37.7 Å². The van der Waals surface area contributed by atoms with Crippen LogP contribution in [-0.2, 0) is 19.3 Å². The normalized spacial score (nSPS) is 10.5. The molecule has 0 aliphatic rings. The van der Waals surface area contributed by atoms with E-state index in [9.17, 15) is 10.1 Å². The quantitative estimate of drug-likeness (QED) is 0.601. The molecule has 116 valence electrons. The summed E-state index contributed by atoms with van der Waals surface area (Å²) >= 11 is 0. The van der Waals surface area contributed by atoms with E-state index in [1.807, 2.05) is 20.8 Å². The van der Waals surface area contributed by atoms with Gasteiger partial charge < -0.3 is 4.74 Å². The van der Waals surface area contributed by atoms with Gasteiger partial charge in [0.25, 0.3) is 0 Å². The number of benzene rings is 1. The number of nitro groups is 1. The lowest BCUT2D eigenvalue weighted by Crippen LogP contribution is -2.05. The van der Waals surface area contributed by atoms with Gasteiger partial charge in [-0.3, -0.25) is 10.1 Å². The van der Waals surface area contributed by atoms with Crippen LogP contribution in [0, 0.1) is 10.1 Å². The van der Waals surface area contributed by atoms with E-state index in [2.05, 4.69) is 15.2 Å². The van der Waals surface area contributed by atoms with E-state index >= 15 is 0 Å². The minimum Gasteiger partial charge on any atom is -0.416 e. The highest BCUT2D eigenvalue weighted by atomic mass is 16.6. The van der Waals surface area contributed by atoms with Crippen molar-refractivity contribution in [1.82, 2.24) is 15.2 Å². The van der Waals surface area contributed by atoms with Crippen molar-refractivity contribution in [2.75, 3.05) is 0 Å². The van der Waals surface area contributed by atoms with Crippen LogP contribution in [0.2, 0.25) is 0 Å². The summed E-state index contributed by atoms with van der Waals surface area (Å²) in [6.07, 6.45) is 2.14. The van der Waals surface area contributed by atoms with Gasteiger partial charge in [0.05, 0.1) is 16.3 Å². The molecule has 1 aromatic carbocycles. The van der Waals surface area contributed by atoms with Gasteiger partial charge in [-0.1, -0.05) is 31.9 Å². The summed E-state index contributed by atoms with van der Waals surface area (Å²) < 4.78 is 5.49. The van der Waals surface area contributed by atoms with Crippen molar-refractivity contribution in [3.63, 3.8) is 0 Å². The van der Waals surface area contributed by atoms with Crippen LogP contribution in [0.25, 0.3) is 0 Å². The van der Waals surface area contributed by atoms with Crippen LogP contribution in [0.3, 0.4) is 0 Å². The minimum atomic E-state index is -0.469. The SMILES string of the molecule is CCc1ccc(Oc2nnc(CC)c(CC)n2)c([N+](=O)[O-])c1. The second kappa shape index (κ2) is 6.93. The Morgan fingerprint density at radius 1 is 1.09 bits per heavy atom. The molecule has 1 aromatic heterocycles. The van der Waals surface area contributed by atoms with E-state index in [0.717, 1.165) is 23.4 Å². The molecule has 22 heavy (non-hydrogen) atoms. The van der Waals surface area contributed by atoms with Crippen LogP contribution in [0.4, 0.5) is 5.69 Å². The number of nitro benzene ring substituents is 1. The zero-order valence-electron chi connectivity index (χ0n) is 12.9. The number of hydrogen-bond acceptors (Lipinski definition) is 6. The molecule has 0 N–H and O–H groups in total. The first kappa shape index (κ1) is 15.8. The van der Waals surface area contributed by atoms with Crippen molar-refractivity contribution >= 4 is 5.69 Å². The van der Waals surface area contributed by atoms with Crippen LogP contribution in [0.5, 0.6) is 11.8 Å². The van der Waals surface area contributed by atoms with Gasteiger partial charge in [0, 0.05) is 6.07 Å². The maximum atomic E-state index is 11.2. The molecule has 7 heteroatoms. The van der Waals surface area contributed by atoms with Gasteiger partial charge in [0.2, 0.25) is 5.75 Å². The number of nitrogens with zero attached hydrogens (tertiary/aromatic N) is 4. The van der Waals surface area contributed by atoms with Crippen molar-refractivity contribution in [1.29, 1.82) is 0 Å². The lowest BCUT2D eigenvalue weighted by atomic mass is 10.1. The Morgan fingerprint density at radius 2 is 1.82 bits per heavy atom. The molecular weight excluding hydrogens is 284 g/mol. The Morgan fingerprint density at radius 3 is 2.41 bits per heavy atom. The summed E-state index contributed by atoms with van der Waals surface area (Å²) in [5.74, 6) is 0.121. The van der Waals surface area contributed by atoms with Crippen molar-refractivity contribution in [3.8, 4) is 11.8 Å². The van der Waals surface area contributed by atoms with Crippen molar-refractivity contribution in [2.45, 2.75) is 40.0 Å². The van der Waals surface area contributed by atoms with Crippen molar-refractivity contribution in [3.05, 3.63) is 45.3 Å². The molecule has 0 spiro atoms. The summed E-state index contributed by atoms with van der Waals surface area (Å²) in [7, 11) is 0. The summed E-state index contributed by atoms with van der Waals surface area (Å²) in [5.41, 5.74) is 2.38. The first-order chi connectivity index (χ1) is 10.6. The van der Waals surface area contributed by atoms with Gasteiger partial charge in [-0.25, -0.2) is 0 Å². The van der Waals surface area contributed by atoms with Gasteiger partial charge in [0.1, 0.15) is 0 Å². The predicted molar refractivity (Wildman–Crippen MR) is 81.1 cm³/mol. The summed E-state index contributed by atoms with van der Waals surface area (Å²) in [5, 5.41) is 19.1. The second-order valence-electron chi connectivity index (χ2n) is 4.71. The highest BCUT2D eigenvalue weighted by Gasteiger charge is 2.18. The first-order valence-electron chi connectivity index (χ1n) is 7.26. The fraction of sp³-hybridized carbons (Fsp3) is 0.400. The number of hydrogen-bond donors (Lipinski definition) is 0. The smallest absolute Gasteiger partial charge is 0.341 e. The number of aryl methyl sites for hydroxylation is 3. The maximum Gasteiger partial charge on any atom is 0.341 e. The Labute approximate surface area is 128 Å². The molecule has 0 saturated carbocycles. The van der Waals surface area contributed by atoms with E-state index in [0.29, 0.717) is 12.8 Å². The zero-order valence-corrected chi connectivity index (χ0v) is 12.9. The third-order valence-electron chi connectivity index (χ3n) is 3.32. The molecule has 0 radical (unpaired) electrons. The van der Waals surface area contributed by atoms with Crippen LogP contribution < -0.4 is 4.74 Å². The fourth-order valence-corrected chi connectivity index (χ4v) is 2.07. The van der Waals surface area contributed by atoms with E-state index in [-0.39, 0.29) is 17.4 Å². The lowest BCUT2D eigenvalue weighted by Gasteiger charge is -2.08. The third-order valence-corrected chi connectivity index (χ3v) is 3.32. The molecule has 0 saturated heterocycles. The van der Waals surface area contributed by atoms with Gasteiger partial charge in [-0.2, -0.15) is 4.98 Å². The standard InChI is InChI=1S/C15H18N4O3/c1-4-10-7-8-14(13(9-10)19(20)21)22-15-16-11(5-2)12(6-3)17-18-15/h7-9H,4-6H2,1-3H3. The molecular formula is C15H18N4O3. The van der Waals surface area contributed by atoms with E-state index in [4.69, 9.17) is 4.74 Å². The molecule has 0 bridgehead atoms. The average Bonchev–Trinajstić information content (AvgIpc) is 2.54. The maximum absolute atomic E-state index is 11.2. The summed E-state index contributed by atoms with van der Waals surface area (Å²) in [6.45, 7) is 5.87. The van der Waals surface area contributed by atoms with Gasteiger partial charge in [-0.15, -0.1) is 5.10 Å². The topological polar surface area (TPSA) is 91.0 Å². The van der Waals surface area contributed by atoms with Crippen LogP contribution in [-0.4, -0.2) is 20.1 Å². The fourth-order valence-electron chi connectivity index (χ4n) is 2.07. The minimum absolute atomic E-state index is 0.0291. The zero-order chi connectivity index (χ0) is 16.1. The van der Waals surface area contributed by atoms with Crippen LogP contribution in [0.15, 0.2) is 18.2 Å². The molecule has 1 heterocycles. The monoisotopic (exact) mass is 302 g/mol. The lowest BCUT2D eigenvalue weighted by molar-refractivity contribution is -0.385. The van der Waals surface area contributed by atoms with E-state index < -0.39 is 4.92 Å².